The van der Waals surface area contributed by atoms with Crippen molar-refractivity contribution in [2.75, 3.05) is 13.1 Å². The number of carbonyl (C=O) groups excluding carboxylic acids is 1. The Labute approximate surface area is 196 Å². The molecule has 0 heterocycles. The van der Waals surface area contributed by atoms with Crippen molar-refractivity contribution in [3.05, 3.63) is 144 Å². The van der Waals surface area contributed by atoms with Crippen molar-refractivity contribution < 1.29 is 4.79 Å². The number of unbranched alkanes of at least 4 members (excludes halogenated alkanes) is 1. The Hall–Kier alpha value is -3.69. The third-order valence-corrected chi connectivity index (χ3v) is 5.94. The Balaban J connectivity index is 1.48. The molecule has 3 nitrogen and oxygen atoms in total. The predicted molar refractivity (Wildman–Crippen MR) is 135 cm³/mol. The van der Waals surface area contributed by atoms with Crippen LogP contribution in [0.2, 0.25) is 0 Å². The van der Waals surface area contributed by atoms with Crippen molar-refractivity contribution in [1.82, 2.24) is 10.6 Å². The third kappa shape index (κ3) is 5.39. The number of nitrogens with one attached hydrogen (secondary N) is 2. The van der Waals surface area contributed by atoms with E-state index in [4.69, 9.17) is 0 Å². The van der Waals surface area contributed by atoms with Crippen LogP contribution in [0.5, 0.6) is 0 Å². The quantitative estimate of drug-likeness (QED) is 0.245. The Morgan fingerprint density at radius 2 is 0.939 bits per heavy atom. The second-order valence-corrected chi connectivity index (χ2v) is 8.10. The molecular weight excluding hydrogens is 404 g/mol. The summed E-state index contributed by atoms with van der Waals surface area (Å²) >= 11 is 0. The van der Waals surface area contributed by atoms with E-state index in [1.165, 1.54) is 16.7 Å². The predicted octanol–water partition coefficient (Wildman–Crippen LogP) is 5.78. The fraction of sp³-hybridized carbons (Fsp3) is 0.167. The normalized spacial score (nSPS) is 11.2. The van der Waals surface area contributed by atoms with Crippen LogP contribution in [0, 0.1) is 0 Å². The van der Waals surface area contributed by atoms with Crippen molar-refractivity contribution in [3.8, 4) is 0 Å². The summed E-state index contributed by atoms with van der Waals surface area (Å²) in [7, 11) is 0. The van der Waals surface area contributed by atoms with Gasteiger partial charge in [0, 0.05) is 12.1 Å². The zero-order chi connectivity index (χ0) is 22.8. The van der Waals surface area contributed by atoms with Crippen LogP contribution in [0.4, 0.5) is 0 Å². The molecule has 0 saturated heterocycles. The van der Waals surface area contributed by atoms with Gasteiger partial charge >= 0.3 is 0 Å². The largest absolute Gasteiger partial charge is 0.352 e. The lowest BCUT2D eigenvalue weighted by atomic mass is 9.77. The van der Waals surface area contributed by atoms with E-state index in [1.807, 2.05) is 30.3 Å². The molecule has 166 valence electrons. The number of amides is 1. The van der Waals surface area contributed by atoms with Gasteiger partial charge in [-0.1, -0.05) is 109 Å². The van der Waals surface area contributed by atoms with Crippen LogP contribution in [-0.2, 0) is 5.54 Å². The van der Waals surface area contributed by atoms with Gasteiger partial charge in [0.2, 0.25) is 0 Å². The van der Waals surface area contributed by atoms with E-state index < -0.39 is 5.54 Å². The summed E-state index contributed by atoms with van der Waals surface area (Å²) in [6.45, 7) is 1.48. The summed E-state index contributed by atoms with van der Waals surface area (Å²) in [5.74, 6) is -0.0178. The monoisotopic (exact) mass is 434 g/mol. The van der Waals surface area contributed by atoms with Gasteiger partial charge in [-0.3, -0.25) is 10.1 Å². The van der Waals surface area contributed by atoms with Gasteiger partial charge in [0.1, 0.15) is 0 Å². The van der Waals surface area contributed by atoms with Gasteiger partial charge in [-0.05, 0) is 48.2 Å². The highest BCUT2D eigenvalue weighted by atomic mass is 16.1. The van der Waals surface area contributed by atoms with Crippen molar-refractivity contribution in [2.45, 2.75) is 18.4 Å². The fourth-order valence-electron chi connectivity index (χ4n) is 4.29. The molecule has 33 heavy (non-hydrogen) atoms. The van der Waals surface area contributed by atoms with Crippen LogP contribution in [0.25, 0.3) is 0 Å². The fourth-order valence-corrected chi connectivity index (χ4v) is 4.29. The highest BCUT2D eigenvalue weighted by Gasteiger charge is 2.35. The molecule has 1 amide bonds. The van der Waals surface area contributed by atoms with Gasteiger partial charge < -0.3 is 5.32 Å². The van der Waals surface area contributed by atoms with E-state index in [0.29, 0.717) is 12.1 Å². The molecule has 2 N–H and O–H groups in total. The van der Waals surface area contributed by atoms with Gasteiger partial charge in [0.15, 0.2) is 0 Å². The lowest BCUT2D eigenvalue weighted by molar-refractivity contribution is 0.0953. The molecule has 0 aliphatic carbocycles. The molecule has 0 atom stereocenters. The van der Waals surface area contributed by atoms with Crippen LogP contribution in [0.3, 0.4) is 0 Å². The molecule has 0 aromatic heterocycles. The number of carbonyl (C=O) groups is 1. The van der Waals surface area contributed by atoms with Crippen LogP contribution >= 0.6 is 0 Å². The van der Waals surface area contributed by atoms with Gasteiger partial charge in [0.25, 0.3) is 5.91 Å². The Morgan fingerprint density at radius 1 is 0.545 bits per heavy atom. The highest BCUT2D eigenvalue weighted by Crippen LogP contribution is 2.36. The lowest BCUT2D eigenvalue weighted by Gasteiger charge is -2.37. The Kier molecular flexibility index (Phi) is 7.68. The van der Waals surface area contributed by atoms with Crippen LogP contribution < -0.4 is 10.6 Å². The topological polar surface area (TPSA) is 41.1 Å². The molecule has 4 aromatic carbocycles. The summed E-state index contributed by atoms with van der Waals surface area (Å²) in [4.78, 5) is 12.3. The molecule has 0 unspecified atom stereocenters. The summed E-state index contributed by atoms with van der Waals surface area (Å²) in [5.41, 5.74) is 3.88. The average molecular weight is 435 g/mol. The smallest absolute Gasteiger partial charge is 0.251 e. The van der Waals surface area contributed by atoms with Gasteiger partial charge in [-0.15, -0.1) is 0 Å². The Bertz CT molecular complexity index is 1020. The number of benzene rings is 4. The van der Waals surface area contributed by atoms with E-state index in [0.717, 1.165) is 19.4 Å². The maximum absolute atomic E-state index is 12.3. The molecule has 0 spiro atoms. The molecule has 0 bridgehead atoms. The summed E-state index contributed by atoms with van der Waals surface area (Å²) in [6, 6.07) is 41.2. The zero-order valence-electron chi connectivity index (χ0n) is 18.8. The minimum Gasteiger partial charge on any atom is -0.352 e. The summed E-state index contributed by atoms with van der Waals surface area (Å²) in [5, 5.41) is 6.91. The first-order valence-corrected chi connectivity index (χ1v) is 11.6. The van der Waals surface area contributed by atoms with Gasteiger partial charge in [-0.25, -0.2) is 0 Å². The van der Waals surface area contributed by atoms with E-state index in [2.05, 4.69) is 102 Å². The van der Waals surface area contributed by atoms with E-state index in [1.54, 1.807) is 0 Å². The second-order valence-electron chi connectivity index (χ2n) is 8.10. The minimum absolute atomic E-state index is 0.0178. The maximum Gasteiger partial charge on any atom is 0.251 e. The van der Waals surface area contributed by atoms with E-state index >= 15 is 0 Å². The standard InChI is InChI=1S/C30H30N2O/c33-29(25-15-5-1-6-16-25)31-23-13-14-24-32-30(26-17-7-2-8-18-26,27-19-9-3-10-20-27)28-21-11-4-12-22-28/h1-12,15-22,32H,13-14,23-24H2,(H,31,33). The molecule has 4 rings (SSSR count). The molecule has 0 saturated carbocycles. The number of hydrogen-bond acceptors (Lipinski definition) is 2. The second kappa shape index (κ2) is 11.3. The van der Waals surface area contributed by atoms with Gasteiger partial charge in [0.05, 0.1) is 5.54 Å². The molecule has 4 aromatic rings. The molecule has 0 radical (unpaired) electrons. The molecular formula is C30H30N2O. The van der Waals surface area contributed by atoms with E-state index in [-0.39, 0.29) is 5.91 Å². The van der Waals surface area contributed by atoms with E-state index in [9.17, 15) is 4.79 Å². The average Bonchev–Trinajstić information content (AvgIpc) is 2.90. The Morgan fingerprint density at radius 3 is 1.39 bits per heavy atom. The molecule has 3 heteroatoms. The molecule has 0 aliphatic rings. The van der Waals surface area contributed by atoms with Crippen LogP contribution in [0.15, 0.2) is 121 Å². The minimum atomic E-state index is -0.447. The third-order valence-electron chi connectivity index (χ3n) is 5.94. The first kappa shape index (κ1) is 22.5. The maximum atomic E-state index is 12.3. The number of rotatable bonds is 10. The summed E-state index contributed by atoms with van der Waals surface area (Å²) < 4.78 is 0. The lowest BCUT2D eigenvalue weighted by Crippen LogP contribution is -2.45. The molecule has 0 aliphatic heterocycles. The van der Waals surface area contributed by atoms with Crippen molar-refractivity contribution in [2.24, 2.45) is 0 Å². The summed E-state index contributed by atoms with van der Waals surface area (Å²) in [6.07, 6.45) is 1.85. The van der Waals surface area contributed by atoms with Gasteiger partial charge in [-0.2, -0.15) is 0 Å². The zero-order valence-corrected chi connectivity index (χ0v) is 18.8. The van der Waals surface area contributed by atoms with Crippen molar-refractivity contribution in [1.29, 1.82) is 0 Å². The SMILES string of the molecule is O=C(NCCCCNC(c1ccccc1)(c1ccccc1)c1ccccc1)c1ccccc1. The van der Waals surface area contributed by atoms with Crippen molar-refractivity contribution >= 4 is 5.91 Å². The van der Waals surface area contributed by atoms with Crippen molar-refractivity contribution in [3.63, 3.8) is 0 Å². The van der Waals surface area contributed by atoms with Crippen LogP contribution in [-0.4, -0.2) is 19.0 Å². The molecule has 0 fully saturated rings. The first-order chi connectivity index (χ1) is 16.3. The highest BCUT2D eigenvalue weighted by molar-refractivity contribution is 5.94. The number of hydrogen-bond donors (Lipinski definition) is 2. The van der Waals surface area contributed by atoms with Crippen LogP contribution in [0.1, 0.15) is 39.9 Å². The first-order valence-electron chi connectivity index (χ1n) is 11.6.